The molecule has 0 radical (unpaired) electrons. The van der Waals surface area contributed by atoms with Crippen molar-refractivity contribution in [3.63, 3.8) is 0 Å². The van der Waals surface area contributed by atoms with Gasteiger partial charge in [0.25, 0.3) is 5.56 Å². The second-order valence-corrected chi connectivity index (χ2v) is 13.7. The molecule has 1 saturated carbocycles. The number of aliphatic hydroxyl groups excluding tert-OH is 1. The first-order valence-corrected chi connectivity index (χ1v) is 16.7. The van der Waals surface area contributed by atoms with Crippen molar-refractivity contribution in [2.24, 2.45) is 5.92 Å². The number of rotatable bonds is 3. The number of imidazole rings is 2. The van der Waals surface area contributed by atoms with E-state index in [2.05, 4.69) is 29.9 Å². The number of methoxy groups -OCH3 is 1. The van der Waals surface area contributed by atoms with Gasteiger partial charge in [-0.1, -0.05) is 0 Å². The molecule has 10 atom stereocenters. The number of phosphoric ester groups is 2. The van der Waals surface area contributed by atoms with E-state index in [9.17, 15) is 28.8 Å². The van der Waals surface area contributed by atoms with Gasteiger partial charge in [0.15, 0.2) is 28.9 Å². The summed E-state index contributed by atoms with van der Waals surface area (Å²) in [7, 11) is -8.54. The fourth-order valence-corrected chi connectivity index (χ4v) is 8.09. The Morgan fingerprint density at radius 3 is 2.43 bits per heavy atom. The minimum Gasteiger partial charge on any atom is -0.388 e. The van der Waals surface area contributed by atoms with Crippen molar-refractivity contribution in [2.45, 2.75) is 49.2 Å². The van der Waals surface area contributed by atoms with E-state index >= 15 is 0 Å². The van der Waals surface area contributed by atoms with Crippen LogP contribution in [0.4, 0.5) is 11.8 Å². The molecule has 4 aromatic rings. The third kappa shape index (κ3) is 5.40. The maximum Gasteiger partial charge on any atom is 0.472 e. The molecule has 1 aliphatic carbocycles. The molecule has 4 aromatic heterocycles. The summed E-state index contributed by atoms with van der Waals surface area (Å²) in [6, 6.07) is -0.939. The van der Waals surface area contributed by atoms with Gasteiger partial charge in [-0.2, -0.15) is 4.98 Å². The van der Waals surface area contributed by atoms with E-state index in [4.69, 9.17) is 39.0 Å². The van der Waals surface area contributed by atoms with Gasteiger partial charge in [-0.15, -0.1) is 0 Å². The number of nitrogens with zero attached hydrogens (tertiary/aromatic N) is 7. The van der Waals surface area contributed by atoms with Crippen LogP contribution >= 0.6 is 15.6 Å². The van der Waals surface area contributed by atoms with Gasteiger partial charge >= 0.3 is 15.6 Å². The number of hydrogen-bond acceptors (Lipinski definition) is 17. The first kappa shape index (κ1) is 31.2. The molecule has 2 aliphatic heterocycles. The van der Waals surface area contributed by atoms with E-state index in [-0.39, 0.29) is 40.5 Å². The maximum atomic E-state index is 13.3. The molecule has 24 heteroatoms. The van der Waals surface area contributed by atoms with Gasteiger partial charge in [-0.3, -0.25) is 32.4 Å². The number of nitrogen functional groups attached to an aromatic ring is 2. The summed E-state index contributed by atoms with van der Waals surface area (Å²) in [5.74, 6) is -1.07. The number of nitrogens with two attached hydrogens (primary N) is 2. The number of phosphoric acid groups is 2. The van der Waals surface area contributed by atoms with Crippen molar-refractivity contribution in [1.29, 1.82) is 0 Å². The molecule has 0 spiro atoms. The van der Waals surface area contributed by atoms with Gasteiger partial charge in [0.1, 0.15) is 42.4 Å². The number of ether oxygens (including phenoxy) is 2. The van der Waals surface area contributed by atoms with E-state index < -0.39 is 83.1 Å². The number of nitrogens with one attached hydrogen (secondary N) is 1. The van der Waals surface area contributed by atoms with Crippen molar-refractivity contribution in [1.82, 2.24) is 39.0 Å². The highest BCUT2D eigenvalue weighted by molar-refractivity contribution is 7.47. The van der Waals surface area contributed by atoms with E-state index in [1.165, 1.54) is 35.2 Å². The average Bonchev–Trinajstić information content (AvgIpc) is 3.75. The summed E-state index contributed by atoms with van der Waals surface area (Å²) in [4.78, 5) is 56.5. The van der Waals surface area contributed by atoms with Gasteiger partial charge in [0.05, 0.1) is 31.9 Å². The molecular formula is C22H28N10O12P2. The Bertz CT molecular complexity index is 1950. The summed E-state index contributed by atoms with van der Waals surface area (Å²) in [6.45, 7) is -1.26. The highest BCUT2D eigenvalue weighted by atomic mass is 31.2. The molecule has 7 rings (SSSR count). The Labute approximate surface area is 256 Å². The normalized spacial score (nSPS) is 37.1. The largest absolute Gasteiger partial charge is 0.472 e. The molecule has 0 aromatic carbocycles. The second kappa shape index (κ2) is 11.4. The fraction of sp³-hybridized carbons (Fsp3) is 0.545. The quantitative estimate of drug-likeness (QED) is 0.140. The number of aromatic amines is 1. The van der Waals surface area contributed by atoms with Crippen molar-refractivity contribution < 1.29 is 51.6 Å². The number of aromatic nitrogens is 8. The van der Waals surface area contributed by atoms with Crippen molar-refractivity contribution in [3.8, 4) is 0 Å². The summed E-state index contributed by atoms with van der Waals surface area (Å²) < 4.78 is 62.6. The third-order valence-corrected chi connectivity index (χ3v) is 10.1. The Kier molecular flexibility index (Phi) is 7.73. The first-order valence-electron chi connectivity index (χ1n) is 13.7. The van der Waals surface area contributed by atoms with Gasteiger partial charge in [0.2, 0.25) is 5.95 Å². The number of hydrogen-bond donors (Lipinski definition) is 6. The van der Waals surface area contributed by atoms with Crippen LogP contribution in [-0.4, -0.2) is 105 Å². The van der Waals surface area contributed by atoms with Crippen LogP contribution in [0.1, 0.15) is 18.7 Å². The summed E-state index contributed by atoms with van der Waals surface area (Å²) in [5.41, 5.74) is 11.5. The molecule has 248 valence electrons. The number of aliphatic hydroxyl groups is 1. The predicted octanol–water partition coefficient (Wildman–Crippen LogP) is -1.02. The first-order chi connectivity index (χ1) is 21.9. The highest BCUT2D eigenvalue weighted by Crippen LogP contribution is 2.55. The molecule has 0 amide bonds. The fourth-order valence-electron chi connectivity index (χ4n) is 6.08. The van der Waals surface area contributed by atoms with Crippen LogP contribution in [0, 0.1) is 5.92 Å². The average molecular weight is 686 g/mol. The van der Waals surface area contributed by atoms with Crippen LogP contribution in [-0.2, 0) is 36.7 Å². The molecule has 6 unspecified atom stereocenters. The van der Waals surface area contributed by atoms with Crippen LogP contribution in [0.15, 0.2) is 23.8 Å². The van der Waals surface area contributed by atoms with E-state index in [1.54, 1.807) is 0 Å². The van der Waals surface area contributed by atoms with Crippen molar-refractivity contribution >= 4 is 49.7 Å². The molecule has 22 nitrogen and oxygen atoms in total. The molecule has 6 heterocycles. The van der Waals surface area contributed by atoms with Gasteiger partial charge in [-0.05, 0) is 6.42 Å². The molecule has 8 N–H and O–H groups in total. The van der Waals surface area contributed by atoms with Gasteiger partial charge < -0.3 is 40.4 Å². The van der Waals surface area contributed by atoms with E-state index in [1.807, 2.05) is 0 Å². The SMILES string of the molecule is COC1C2OP(=O)(O)OC[C@H]3C[C@@H](n4cnc5c(=O)[nH]c(N)nc54)C(O)C3OP(=O)(O)OC[C@H]2O[C@H]1n1cnc2c(N)ncnc21. The maximum absolute atomic E-state index is 13.3. The number of H-pyrrole nitrogens is 1. The zero-order valence-electron chi connectivity index (χ0n) is 23.7. The summed E-state index contributed by atoms with van der Waals surface area (Å²) in [6.07, 6.45) is -4.10. The molecule has 0 bridgehead atoms. The van der Waals surface area contributed by atoms with Crippen LogP contribution in [0.25, 0.3) is 22.3 Å². The highest BCUT2D eigenvalue weighted by Gasteiger charge is 2.54. The lowest BCUT2D eigenvalue weighted by Gasteiger charge is -2.29. The lowest BCUT2D eigenvalue weighted by molar-refractivity contribution is -0.0632. The molecule has 3 fully saturated rings. The minimum absolute atomic E-state index is 0.0353. The Hall–Kier alpha value is -3.40. The molecule has 46 heavy (non-hydrogen) atoms. The van der Waals surface area contributed by atoms with Crippen molar-refractivity contribution in [2.75, 3.05) is 31.8 Å². The van der Waals surface area contributed by atoms with Gasteiger partial charge in [0, 0.05) is 13.0 Å². The Morgan fingerprint density at radius 1 is 0.978 bits per heavy atom. The predicted molar refractivity (Wildman–Crippen MR) is 151 cm³/mol. The zero-order chi connectivity index (χ0) is 32.5. The zero-order valence-corrected chi connectivity index (χ0v) is 25.5. The minimum atomic E-state index is -4.94. The molecule has 2 saturated heterocycles. The standard InChI is InChI=1S/C22H28N10O12P2/c1-39-16-15-10(42-21(16)32-7-27-11-17(23)25-5-26-18(11)32)4-41-46(37,38)43-14-8(3-40-45(35,36)44-15)2-9(13(14)33)31-6-28-12-19(31)29-22(24)30-20(12)34/h5-10,13-16,21,33H,2-4H2,1H3,(H,35,36)(H,37,38)(H2,23,25,26)(H3,24,29,30,34)/t8-,9-,10-,13?,14?,15?,16?,21-/m1/s1. The monoisotopic (exact) mass is 686 g/mol. The Morgan fingerprint density at radius 2 is 1.67 bits per heavy atom. The number of anilines is 2. The Balaban J connectivity index is 1.18. The topological polar surface area (TPSA) is 309 Å². The second-order valence-electron chi connectivity index (χ2n) is 10.8. The van der Waals surface area contributed by atoms with Crippen LogP contribution in [0.3, 0.4) is 0 Å². The lowest BCUT2D eigenvalue weighted by Crippen LogP contribution is -2.38. The van der Waals surface area contributed by atoms with Crippen LogP contribution in [0.5, 0.6) is 0 Å². The van der Waals surface area contributed by atoms with E-state index in [0.29, 0.717) is 0 Å². The van der Waals surface area contributed by atoms with Crippen LogP contribution in [0.2, 0.25) is 0 Å². The van der Waals surface area contributed by atoms with E-state index in [0.717, 1.165) is 0 Å². The summed E-state index contributed by atoms with van der Waals surface area (Å²) in [5, 5.41) is 11.3. The summed E-state index contributed by atoms with van der Waals surface area (Å²) >= 11 is 0. The van der Waals surface area contributed by atoms with Crippen molar-refractivity contribution in [3.05, 3.63) is 29.3 Å². The molecular weight excluding hydrogens is 658 g/mol. The van der Waals surface area contributed by atoms with Gasteiger partial charge in [-0.25, -0.2) is 29.1 Å². The third-order valence-electron chi connectivity index (χ3n) is 8.13. The molecule has 3 aliphatic rings. The lowest BCUT2D eigenvalue weighted by atomic mass is 10.1. The number of fused-ring (bicyclic) bond motifs is 4. The smallest absolute Gasteiger partial charge is 0.388 e. The van der Waals surface area contributed by atoms with Crippen LogP contribution < -0.4 is 17.0 Å².